The normalized spacial score (nSPS) is 22.5. The van der Waals surface area contributed by atoms with Crippen LogP contribution >= 0.6 is 15.9 Å². The molecule has 3 N–H and O–H groups in total. The number of halogens is 1. The predicted molar refractivity (Wildman–Crippen MR) is 80.8 cm³/mol. The number of aliphatic hydroxyl groups is 1. The summed E-state index contributed by atoms with van der Waals surface area (Å²) in [6.45, 7) is 5.98. The van der Waals surface area contributed by atoms with Crippen molar-refractivity contribution in [1.29, 1.82) is 0 Å². The first-order valence-corrected chi connectivity index (χ1v) is 7.46. The zero-order valence-corrected chi connectivity index (χ0v) is 13.0. The summed E-state index contributed by atoms with van der Waals surface area (Å²) < 4.78 is 1.15. The van der Waals surface area contributed by atoms with Gasteiger partial charge in [0.1, 0.15) is 6.17 Å². The molecule has 2 rings (SSSR count). The van der Waals surface area contributed by atoms with Gasteiger partial charge in [0.05, 0.1) is 0 Å². The van der Waals surface area contributed by atoms with Gasteiger partial charge in [-0.05, 0) is 25.8 Å². The predicted octanol–water partition coefficient (Wildman–Crippen LogP) is 1.48. The van der Waals surface area contributed by atoms with Gasteiger partial charge in [-0.2, -0.15) is 0 Å². The second kappa shape index (κ2) is 6.43. The van der Waals surface area contributed by atoms with E-state index in [1.54, 1.807) is 0 Å². The summed E-state index contributed by atoms with van der Waals surface area (Å²) in [5.41, 5.74) is 2.35. The Morgan fingerprint density at radius 1 is 1.63 bits per heavy atom. The molecule has 2 heterocycles. The van der Waals surface area contributed by atoms with Gasteiger partial charge in [0.15, 0.2) is 5.96 Å². The Kier molecular flexibility index (Phi) is 4.87. The molecule has 2 aliphatic heterocycles. The molecule has 0 bridgehead atoms. The Hall–Kier alpha value is -1.01. The average molecular weight is 329 g/mol. The molecular formula is C13H21BrN4O. The Bertz CT molecular complexity index is 430. The van der Waals surface area contributed by atoms with Crippen LogP contribution in [0.25, 0.3) is 0 Å². The van der Waals surface area contributed by atoms with Gasteiger partial charge in [-0.1, -0.05) is 15.9 Å². The van der Waals surface area contributed by atoms with Gasteiger partial charge in [0, 0.05) is 42.5 Å². The maximum Gasteiger partial charge on any atom is 0.198 e. The number of nitrogens with zero attached hydrogens (tertiary/aromatic N) is 2. The fourth-order valence-corrected chi connectivity index (χ4v) is 2.95. The lowest BCUT2D eigenvalue weighted by atomic mass is 10.0. The van der Waals surface area contributed by atoms with Crippen molar-refractivity contribution >= 4 is 21.9 Å². The van der Waals surface area contributed by atoms with Gasteiger partial charge >= 0.3 is 0 Å². The van der Waals surface area contributed by atoms with E-state index in [4.69, 9.17) is 5.11 Å². The van der Waals surface area contributed by atoms with Crippen molar-refractivity contribution in [2.75, 3.05) is 19.7 Å². The van der Waals surface area contributed by atoms with E-state index in [1.165, 1.54) is 5.57 Å². The SMILES string of the molecule is CCNC1=NC(C)=C2CC(Br)=CN(CCCO)C2N1. The van der Waals surface area contributed by atoms with E-state index in [2.05, 4.69) is 56.5 Å². The molecule has 0 spiro atoms. The summed E-state index contributed by atoms with van der Waals surface area (Å²) in [5.74, 6) is 0.828. The smallest absolute Gasteiger partial charge is 0.198 e. The molecule has 0 aromatic heterocycles. The number of aliphatic hydroxyl groups excluding tert-OH is 1. The molecular weight excluding hydrogens is 308 g/mol. The number of nitrogens with one attached hydrogen (secondary N) is 2. The number of hydrogen-bond acceptors (Lipinski definition) is 5. The molecule has 0 radical (unpaired) electrons. The number of rotatable bonds is 4. The number of aliphatic imine (C=N–C) groups is 1. The zero-order valence-electron chi connectivity index (χ0n) is 11.4. The topological polar surface area (TPSA) is 59.9 Å². The van der Waals surface area contributed by atoms with E-state index in [9.17, 15) is 0 Å². The monoisotopic (exact) mass is 328 g/mol. The van der Waals surface area contributed by atoms with Crippen LogP contribution in [0.5, 0.6) is 0 Å². The third-order valence-corrected chi connectivity index (χ3v) is 3.75. The maximum absolute atomic E-state index is 9.02. The molecule has 6 heteroatoms. The molecule has 0 fully saturated rings. The van der Waals surface area contributed by atoms with Gasteiger partial charge in [-0.3, -0.25) is 0 Å². The third kappa shape index (κ3) is 3.30. The third-order valence-electron chi connectivity index (χ3n) is 3.26. The van der Waals surface area contributed by atoms with Gasteiger partial charge in [0.2, 0.25) is 0 Å². The maximum atomic E-state index is 9.02. The van der Waals surface area contributed by atoms with Crippen LogP contribution in [0.3, 0.4) is 0 Å². The van der Waals surface area contributed by atoms with Crippen molar-refractivity contribution in [3.8, 4) is 0 Å². The summed E-state index contributed by atoms with van der Waals surface area (Å²) in [7, 11) is 0. The van der Waals surface area contributed by atoms with Gasteiger partial charge in [-0.15, -0.1) is 0 Å². The average Bonchev–Trinajstić information content (AvgIpc) is 2.37. The van der Waals surface area contributed by atoms with E-state index in [0.29, 0.717) is 0 Å². The minimum absolute atomic E-state index is 0.138. The Balaban J connectivity index is 2.22. The molecule has 5 nitrogen and oxygen atoms in total. The molecule has 106 valence electrons. The fourth-order valence-electron chi connectivity index (χ4n) is 2.38. The van der Waals surface area contributed by atoms with Crippen LogP contribution in [0.1, 0.15) is 26.7 Å². The van der Waals surface area contributed by atoms with E-state index in [1.807, 2.05) is 0 Å². The standard InChI is InChI=1S/C13H21BrN4O/c1-3-15-13-16-9(2)11-7-10(14)8-18(5-4-6-19)12(11)17-13/h8,12,19H,3-7H2,1-2H3,(H2,15,16,17). The zero-order chi connectivity index (χ0) is 13.8. The first-order chi connectivity index (χ1) is 9.15. The lowest BCUT2D eigenvalue weighted by molar-refractivity contribution is 0.225. The molecule has 0 saturated heterocycles. The Morgan fingerprint density at radius 3 is 3.11 bits per heavy atom. The summed E-state index contributed by atoms with van der Waals surface area (Å²) in [6, 6.07) is 0. The van der Waals surface area contributed by atoms with E-state index < -0.39 is 0 Å². The first kappa shape index (κ1) is 14.4. The number of guanidine groups is 1. The Labute approximate surface area is 122 Å². The van der Waals surface area contributed by atoms with Crippen LogP contribution in [-0.2, 0) is 0 Å². The highest BCUT2D eigenvalue weighted by atomic mass is 79.9. The summed E-state index contributed by atoms with van der Waals surface area (Å²) in [4.78, 5) is 6.77. The highest BCUT2D eigenvalue weighted by Crippen LogP contribution is 2.32. The Morgan fingerprint density at radius 2 is 2.42 bits per heavy atom. The highest BCUT2D eigenvalue weighted by molar-refractivity contribution is 9.11. The number of hydrogen-bond donors (Lipinski definition) is 3. The molecule has 2 aliphatic rings. The van der Waals surface area contributed by atoms with Crippen molar-refractivity contribution in [1.82, 2.24) is 15.5 Å². The van der Waals surface area contributed by atoms with Gasteiger partial charge in [-0.25, -0.2) is 4.99 Å². The van der Waals surface area contributed by atoms with Crippen molar-refractivity contribution in [3.63, 3.8) is 0 Å². The van der Waals surface area contributed by atoms with Crippen molar-refractivity contribution in [3.05, 3.63) is 22.0 Å². The van der Waals surface area contributed by atoms with Gasteiger partial charge < -0.3 is 20.6 Å². The molecule has 0 aromatic rings. The van der Waals surface area contributed by atoms with Crippen LogP contribution in [0, 0.1) is 0 Å². The molecule has 19 heavy (non-hydrogen) atoms. The largest absolute Gasteiger partial charge is 0.396 e. The summed E-state index contributed by atoms with van der Waals surface area (Å²) in [5, 5.41) is 15.7. The van der Waals surface area contributed by atoms with Crippen LogP contribution < -0.4 is 10.6 Å². The minimum atomic E-state index is 0.138. The fraction of sp³-hybridized carbons (Fsp3) is 0.615. The van der Waals surface area contributed by atoms with Crippen molar-refractivity contribution in [2.24, 2.45) is 4.99 Å². The van der Waals surface area contributed by atoms with E-state index >= 15 is 0 Å². The molecule has 1 atom stereocenters. The highest BCUT2D eigenvalue weighted by Gasteiger charge is 2.30. The molecule has 0 aromatic carbocycles. The van der Waals surface area contributed by atoms with Crippen molar-refractivity contribution < 1.29 is 5.11 Å². The second-order valence-electron chi connectivity index (χ2n) is 4.72. The number of fused-ring (bicyclic) bond motifs is 1. The molecule has 0 aliphatic carbocycles. The quantitative estimate of drug-likeness (QED) is 0.731. The lowest BCUT2D eigenvalue weighted by Crippen LogP contribution is -2.54. The van der Waals surface area contributed by atoms with E-state index in [0.717, 1.165) is 42.1 Å². The summed E-state index contributed by atoms with van der Waals surface area (Å²) >= 11 is 3.59. The van der Waals surface area contributed by atoms with Crippen LogP contribution in [0.4, 0.5) is 0 Å². The molecule has 0 amide bonds. The van der Waals surface area contributed by atoms with Gasteiger partial charge in [0.25, 0.3) is 0 Å². The van der Waals surface area contributed by atoms with E-state index in [-0.39, 0.29) is 12.8 Å². The summed E-state index contributed by atoms with van der Waals surface area (Å²) in [6.07, 6.45) is 3.90. The van der Waals surface area contributed by atoms with Crippen LogP contribution in [-0.4, -0.2) is 41.8 Å². The number of allylic oxidation sites excluding steroid dienone is 2. The first-order valence-electron chi connectivity index (χ1n) is 6.67. The minimum Gasteiger partial charge on any atom is -0.396 e. The second-order valence-corrected chi connectivity index (χ2v) is 5.73. The van der Waals surface area contributed by atoms with Crippen molar-refractivity contribution in [2.45, 2.75) is 32.9 Å². The lowest BCUT2D eigenvalue weighted by Gasteiger charge is -2.40. The van der Waals surface area contributed by atoms with Crippen LogP contribution in [0.2, 0.25) is 0 Å². The molecule has 0 saturated carbocycles. The van der Waals surface area contributed by atoms with Crippen LogP contribution in [0.15, 0.2) is 26.9 Å². The molecule has 1 unspecified atom stereocenters.